The summed E-state index contributed by atoms with van der Waals surface area (Å²) < 4.78 is 0. The highest BCUT2D eigenvalue weighted by atomic mass is 16.2. The number of aromatic nitrogens is 1. The zero-order valence-electron chi connectivity index (χ0n) is 12.9. The monoisotopic (exact) mass is 308 g/mol. The smallest absolute Gasteiger partial charge is 0.244 e. The highest BCUT2D eigenvalue weighted by Crippen LogP contribution is 2.31. The lowest BCUT2D eigenvalue weighted by Gasteiger charge is -2.21. The third-order valence-corrected chi connectivity index (χ3v) is 4.86. The number of pyridine rings is 1. The van der Waals surface area contributed by atoms with Crippen molar-refractivity contribution in [2.24, 2.45) is 0 Å². The molecular weight excluding hydrogens is 288 g/mol. The molecule has 1 amide bonds. The molecule has 23 heavy (non-hydrogen) atoms. The lowest BCUT2D eigenvalue weighted by atomic mass is 9.96. The Morgan fingerprint density at radius 1 is 1.30 bits per heavy atom. The number of carbonyl (C=O) groups is 1. The molecule has 4 rings (SSSR count). The number of fused-ring (bicyclic) bond motifs is 1. The Labute approximate surface area is 135 Å². The van der Waals surface area contributed by atoms with Crippen molar-refractivity contribution in [2.75, 3.05) is 23.7 Å². The standard InChI is InChI=1S/C18H20N4O/c19-17-10-13(5-7-20-17)14-9-15(21-11-14)18(23)22-8-6-12-3-1-2-4-16(12)22/h1-5,7,10,14-15,21H,6,8-9,11H2,(H2,19,20)/t14?,15-/m0/s1. The Morgan fingerprint density at radius 2 is 2.17 bits per heavy atom. The van der Waals surface area contributed by atoms with Gasteiger partial charge in [0.1, 0.15) is 5.82 Å². The second-order valence-corrected chi connectivity index (χ2v) is 6.28. The Hall–Kier alpha value is -2.40. The molecule has 0 saturated carbocycles. The highest BCUT2D eigenvalue weighted by Gasteiger charge is 2.35. The van der Waals surface area contributed by atoms with Gasteiger partial charge in [-0.2, -0.15) is 0 Å². The molecular formula is C18H20N4O. The predicted molar refractivity (Wildman–Crippen MR) is 90.3 cm³/mol. The number of anilines is 2. The summed E-state index contributed by atoms with van der Waals surface area (Å²) >= 11 is 0. The molecule has 1 aromatic carbocycles. The lowest BCUT2D eigenvalue weighted by Crippen LogP contribution is -2.42. The van der Waals surface area contributed by atoms with E-state index in [0.717, 1.165) is 37.2 Å². The van der Waals surface area contributed by atoms with Gasteiger partial charge in [0.15, 0.2) is 0 Å². The molecule has 2 aromatic rings. The van der Waals surface area contributed by atoms with E-state index in [1.54, 1.807) is 6.20 Å². The number of nitrogens with two attached hydrogens (primary N) is 1. The van der Waals surface area contributed by atoms with Crippen molar-refractivity contribution in [2.45, 2.75) is 24.8 Å². The van der Waals surface area contributed by atoms with Gasteiger partial charge in [0.05, 0.1) is 6.04 Å². The Balaban J connectivity index is 1.49. The minimum absolute atomic E-state index is 0.124. The summed E-state index contributed by atoms with van der Waals surface area (Å²) in [6, 6.07) is 11.9. The van der Waals surface area contributed by atoms with Crippen LogP contribution in [0.1, 0.15) is 23.5 Å². The number of carbonyl (C=O) groups excluding carboxylic acids is 1. The summed E-state index contributed by atoms with van der Waals surface area (Å²) in [5.74, 6) is 1.03. The average Bonchev–Trinajstić information content (AvgIpc) is 3.22. The molecule has 1 unspecified atom stereocenters. The first-order valence-corrected chi connectivity index (χ1v) is 8.06. The van der Waals surface area contributed by atoms with E-state index in [4.69, 9.17) is 5.73 Å². The quantitative estimate of drug-likeness (QED) is 0.886. The Bertz CT molecular complexity index is 745. The summed E-state index contributed by atoms with van der Waals surface area (Å²) in [4.78, 5) is 18.8. The number of hydrogen-bond acceptors (Lipinski definition) is 4. The fraction of sp³-hybridized carbons (Fsp3) is 0.333. The van der Waals surface area contributed by atoms with Gasteiger partial charge in [0.25, 0.3) is 0 Å². The summed E-state index contributed by atoms with van der Waals surface area (Å²) in [7, 11) is 0. The third-order valence-electron chi connectivity index (χ3n) is 4.86. The fourth-order valence-electron chi connectivity index (χ4n) is 3.65. The first-order valence-electron chi connectivity index (χ1n) is 8.06. The number of amides is 1. The van der Waals surface area contributed by atoms with Gasteiger partial charge in [0, 0.05) is 25.0 Å². The summed E-state index contributed by atoms with van der Waals surface area (Å²) in [6.07, 6.45) is 3.48. The highest BCUT2D eigenvalue weighted by molar-refractivity contribution is 5.99. The molecule has 2 aliphatic rings. The molecule has 3 heterocycles. The zero-order valence-corrected chi connectivity index (χ0v) is 12.9. The number of hydrogen-bond donors (Lipinski definition) is 2. The van der Waals surface area contributed by atoms with E-state index in [-0.39, 0.29) is 11.9 Å². The SMILES string of the molecule is Nc1cc(C2CN[C@H](C(=O)N3CCc4ccccc43)C2)ccn1. The minimum atomic E-state index is -0.124. The molecule has 0 radical (unpaired) electrons. The van der Waals surface area contributed by atoms with E-state index in [2.05, 4.69) is 16.4 Å². The van der Waals surface area contributed by atoms with Crippen LogP contribution in [0.3, 0.4) is 0 Å². The number of rotatable bonds is 2. The molecule has 1 aromatic heterocycles. The van der Waals surface area contributed by atoms with Gasteiger partial charge < -0.3 is 16.0 Å². The molecule has 2 aliphatic heterocycles. The van der Waals surface area contributed by atoms with Crippen LogP contribution < -0.4 is 16.0 Å². The topological polar surface area (TPSA) is 71.2 Å². The molecule has 0 aliphatic carbocycles. The van der Waals surface area contributed by atoms with Gasteiger partial charge in [-0.25, -0.2) is 4.98 Å². The van der Waals surface area contributed by atoms with Crippen molar-refractivity contribution < 1.29 is 4.79 Å². The van der Waals surface area contributed by atoms with Crippen molar-refractivity contribution in [1.82, 2.24) is 10.3 Å². The molecule has 118 valence electrons. The van der Waals surface area contributed by atoms with Crippen LogP contribution in [0.2, 0.25) is 0 Å². The molecule has 1 fully saturated rings. The number of para-hydroxylation sites is 1. The summed E-state index contributed by atoms with van der Waals surface area (Å²) in [6.45, 7) is 1.58. The minimum Gasteiger partial charge on any atom is -0.384 e. The van der Waals surface area contributed by atoms with Crippen LogP contribution in [-0.4, -0.2) is 30.0 Å². The van der Waals surface area contributed by atoms with E-state index < -0.39 is 0 Å². The molecule has 5 heteroatoms. The second-order valence-electron chi connectivity index (χ2n) is 6.28. The van der Waals surface area contributed by atoms with Crippen molar-refractivity contribution >= 4 is 17.4 Å². The van der Waals surface area contributed by atoms with E-state index in [1.165, 1.54) is 5.56 Å². The van der Waals surface area contributed by atoms with E-state index in [0.29, 0.717) is 11.7 Å². The van der Waals surface area contributed by atoms with Crippen LogP contribution in [-0.2, 0) is 11.2 Å². The molecule has 3 N–H and O–H groups in total. The van der Waals surface area contributed by atoms with Gasteiger partial charge >= 0.3 is 0 Å². The largest absolute Gasteiger partial charge is 0.384 e. The molecule has 5 nitrogen and oxygen atoms in total. The molecule has 0 spiro atoms. The average molecular weight is 308 g/mol. The fourth-order valence-corrected chi connectivity index (χ4v) is 3.65. The van der Waals surface area contributed by atoms with Crippen LogP contribution in [0.4, 0.5) is 11.5 Å². The number of nitrogens with one attached hydrogen (secondary N) is 1. The molecule has 0 bridgehead atoms. The van der Waals surface area contributed by atoms with E-state index in [1.807, 2.05) is 35.2 Å². The second kappa shape index (κ2) is 5.66. The van der Waals surface area contributed by atoms with Crippen molar-refractivity contribution in [3.05, 3.63) is 53.7 Å². The number of benzene rings is 1. The zero-order chi connectivity index (χ0) is 15.8. The van der Waals surface area contributed by atoms with Gasteiger partial charge in [-0.05, 0) is 48.1 Å². The van der Waals surface area contributed by atoms with E-state index >= 15 is 0 Å². The van der Waals surface area contributed by atoms with Gasteiger partial charge in [-0.1, -0.05) is 18.2 Å². The summed E-state index contributed by atoms with van der Waals surface area (Å²) in [5.41, 5.74) is 9.25. The third kappa shape index (κ3) is 2.57. The number of nitrogen functional groups attached to an aromatic ring is 1. The maximum Gasteiger partial charge on any atom is 0.244 e. The van der Waals surface area contributed by atoms with Gasteiger partial charge in [-0.3, -0.25) is 4.79 Å². The molecule has 2 atom stereocenters. The Kier molecular flexibility index (Phi) is 3.50. The van der Waals surface area contributed by atoms with Crippen molar-refractivity contribution in [1.29, 1.82) is 0 Å². The van der Waals surface area contributed by atoms with Crippen LogP contribution >= 0.6 is 0 Å². The maximum atomic E-state index is 12.9. The lowest BCUT2D eigenvalue weighted by molar-refractivity contribution is -0.120. The first kappa shape index (κ1) is 14.2. The Morgan fingerprint density at radius 3 is 3.04 bits per heavy atom. The van der Waals surface area contributed by atoms with Crippen LogP contribution in [0.15, 0.2) is 42.6 Å². The van der Waals surface area contributed by atoms with Gasteiger partial charge in [0.2, 0.25) is 5.91 Å². The normalized spacial score (nSPS) is 23.0. The predicted octanol–water partition coefficient (Wildman–Crippen LogP) is 1.70. The van der Waals surface area contributed by atoms with E-state index in [9.17, 15) is 4.79 Å². The van der Waals surface area contributed by atoms with Crippen molar-refractivity contribution in [3.63, 3.8) is 0 Å². The summed E-state index contributed by atoms with van der Waals surface area (Å²) in [5, 5.41) is 3.38. The maximum absolute atomic E-state index is 12.9. The van der Waals surface area contributed by atoms with Gasteiger partial charge in [-0.15, -0.1) is 0 Å². The number of nitrogens with zero attached hydrogens (tertiary/aromatic N) is 2. The van der Waals surface area contributed by atoms with Crippen molar-refractivity contribution in [3.8, 4) is 0 Å². The first-order chi connectivity index (χ1) is 11.2. The van der Waals surface area contributed by atoms with Crippen LogP contribution in [0, 0.1) is 0 Å². The van der Waals surface area contributed by atoms with Crippen LogP contribution in [0.5, 0.6) is 0 Å². The van der Waals surface area contributed by atoms with Crippen LogP contribution in [0.25, 0.3) is 0 Å². The molecule has 1 saturated heterocycles.